The Bertz CT molecular complexity index is 895. The van der Waals surface area contributed by atoms with Gasteiger partial charge in [-0.3, -0.25) is 14.3 Å². The van der Waals surface area contributed by atoms with Gasteiger partial charge in [-0.1, -0.05) is 30.3 Å². The van der Waals surface area contributed by atoms with Gasteiger partial charge in [0.1, 0.15) is 11.6 Å². The zero-order chi connectivity index (χ0) is 15.5. The van der Waals surface area contributed by atoms with Crippen LogP contribution >= 0.6 is 11.3 Å². The Hall–Kier alpha value is -2.22. The minimum Gasteiger partial charge on any atom is -0.394 e. The number of ether oxygens (including phenoxy) is 1. The maximum Gasteiger partial charge on any atom is 0.331 e. The summed E-state index contributed by atoms with van der Waals surface area (Å²) in [5.41, 5.74) is 0.0621. The minimum atomic E-state index is -0.517. The average Bonchev–Trinajstić information content (AvgIpc) is 2.97. The lowest BCUT2D eigenvalue weighted by atomic mass is 10.2. The van der Waals surface area contributed by atoms with Crippen molar-refractivity contribution in [1.82, 2.24) is 9.55 Å². The molecule has 2 N–H and O–H groups in total. The summed E-state index contributed by atoms with van der Waals surface area (Å²) in [5.74, 6) is 0. The number of thiophene rings is 1. The van der Waals surface area contributed by atoms with E-state index in [1.165, 1.54) is 15.9 Å². The second-order valence-corrected chi connectivity index (χ2v) is 5.67. The molecule has 3 rings (SSSR count). The SMILES string of the molecule is O=c1[nH]c(=O)n(COCCO)c2sc(-c3ccccc3)cc12. The van der Waals surface area contributed by atoms with Crippen LogP contribution in [0.4, 0.5) is 0 Å². The van der Waals surface area contributed by atoms with E-state index < -0.39 is 11.2 Å². The molecule has 6 nitrogen and oxygen atoms in total. The molecule has 0 aliphatic heterocycles. The topological polar surface area (TPSA) is 84.3 Å². The standard InChI is InChI=1S/C15H14N2O4S/c18-6-7-21-9-17-14-11(13(19)16-15(17)20)8-12(22-14)10-4-2-1-3-5-10/h1-5,8,18H,6-7,9H2,(H,16,19,20). The molecular weight excluding hydrogens is 304 g/mol. The third kappa shape index (κ3) is 2.74. The van der Waals surface area contributed by atoms with Crippen molar-refractivity contribution in [3.8, 4) is 10.4 Å². The van der Waals surface area contributed by atoms with Crippen LogP contribution in [0.3, 0.4) is 0 Å². The second kappa shape index (κ2) is 6.27. The molecular formula is C15H14N2O4S. The zero-order valence-corrected chi connectivity index (χ0v) is 12.4. The van der Waals surface area contributed by atoms with Gasteiger partial charge >= 0.3 is 5.69 Å². The fraction of sp³-hybridized carbons (Fsp3) is 0.200. The van der Waals surface area contributed by atoms with Crippen LogP contribution in [0.5, 0.6) is 0 Å². The van der Waals surface area contributed by atoms with E-state index in [9.17, 15) is 9.59 Å². The largest absolute Gasteiger partial charge is 0.394 e. The van der Waals surface area contributed by atoms with Gasteiger partial charge in [0.25, 0.3) is 5.56 Å². The molecule has 0 atom stereocenters. The molecule has 0 bridgehead atoms. The third-order valence-electron chi connectivity index (χ3n) is 3.18. The van der Waals surface area contributed by atoms with Crippen LogP contribution in [0.1, 0.15) is 0 Å². The van der Waals surface area contributed by atoms with Gasteiger partial charge in [-0.05, 0) is 11.6 Å². The summed E-state index contributed by atoms with van der Waals surface area (Å²) < 4.78 is 6.57. The number of aromatic nitrogens is 2. The van der Waals surface area contributed by atoms with Gasteiger partial charge in [0.05, 0.1) is 18.6 Å². The van der Waals surface area contributed by atoms with Crippen molar-refractivity contribution in [2.24, 2.45) is 0 Å². The Morgan fingerprint density at radius 2 is 2.00 bits per heavy atom. The molecule has 114 valence electrons. The monoisotopic (exact) mass is 318 g/mol. The lowest BCUT2D eigenvalue weighted by molar-refractivity contribution is 0.0483. The molecule has 7 heteroatoms. The van der Waals surface area contributed by atoms with Crippen molar-refractivity contribution in [3.63, 3.8) is 0 Å². The number of hydrogen-bond donors (Lipinski definition) is 2. The van der Waals surface area contributed by atoms with Crippen molar-refractivity contribution in [2.75, 3.05) is 13.2 Å². The number of rotatable bonds is 5. The molecule has 0 unspecified atom stereocenters. The Balaban J connectivity index is 2.13. The Morgan fingerprint density at radius 3 is 2.73 bits per heavy atom. The van der Waals surface area contributed by atoms with Gasteiger partial charge in [-0.15, -0.1) is 11.3 Å². The lowest BCUT2D eigenvalue weighted by Gasteiger charge is -2.06. The normalized spacial score (nSPS) is 11.1. The predicted molar refractivity (Wildman–Crippen MR) is 85.2 cm³/mol. The van der Waals surface area contributed by atoms with Crippen molar-refractivity contribution in [1.29, 1.82) is 0 Å². The summed E-state index contributed by atoms with van der Waals surface area (Å²) in [7, 11) is 0. The van der Waals surface area contributed by atoms with Gasteiger partial charge < -0.3 is 9.84 Å². The fourth-order valence-corrected chi connectivity index (χ4v) is 3.30. The van der Waals surface area contributed by atoms with Gasteiger partial charge in [0, 0.05) is 4.88 Å². The van der Waals surface area contributed by atoms with E-state index in [4.69, 9.17) is 9.84 Å². The zero-order valence-electron chi connectivity index (χ0n) is 11.6. The molecule has 2 heterocycles. The van der Waals surface area contributed by atoms with E-state index in [0.29, 0.717) is 10.2 Å². The molecule has 0 aliphatic rings. The van der Waals surface area contributed by atoms with Crippen LogP contribution in [0.15, 0.2) is 46.0 Å². The quantitative estimate of drug-likeness (QED) is 0.696. The molecule has 0 saturated carbocycles. The van der Waals surface area contributed by atoms with E-state index in [2.05, 4.69) is 4.98 Å². The van der Waals surface area contributed by atoms with E-state index in [1.807, 2.05) is 30.3 Å². The Kier molecular flexibility index (Phi) is 4.19. The highest BCUT2D eigenvalue weighted by Crippen LogP contribution is 2.31. The lowest BCUT2D eigenvalue weighted by Crippen LogP contribution is -2.30. The van der Waals surface area contributed by atoms with Crippen LogP contribution in [-0.4, -0.2) is 27.9 Å². The number of benzene rings is 1. The smallest absolute Gasteiger partial charge is 0.331 e. The summed E-state index contributed by atoms with van der Waals surface area (Å²) >= 11 is 1.36. The first kappa shape index (κ1) is 14.7. The Morgan fingerprint density at radius 1 is 1.23 bits per heavy atom. The summed E-state index contributed by atoms with van der Waals surface area (Å²) in [5, 5.41) is 9.21. The maximum absolute atomic E-state index is 12.0. The van der Waals surface area contributed by atoms with Gasteiger partial charge in [-0.2, -0.15) is 0 Å². The molecule has 0 aliphatic carbocycles. The van der Waals surface area contributed by atoms with Crippen molar-refractivity contribution < 1.29 is 9.84 Å². The fourth-order valence-electron chi connectivity index (χ4n) is 2.15. The number of hydrogen-bond acceptors (Lipinski definition) is 5. The van der Waals surface area contributed by atoms with Crippen molar-refractivity contribution in [2.45, 2.75) is 6.73 Å². The van der Waals surface area contributed by atoms with Gasteiger partial charge in [0.15, 0.2) is 0 Å². The van der Waals surface area contributed by atoms with Gasteiger partial charge in [0.2, 0.25) is 0 Å². The van der Waals surface area contributed by atoms with E-state index >= 15 is 0 Å². The van der Waals surface area contributed by atoms with Crippen LogP contribution < -0.4 is 11.2 Å². The highest BCUT2D eigenvalue weighted by molar-refractivity contribution is 7.21. The summed E-state index contributed by atoms with van der Waals surface area (Å²) in [6.07, 6.45) is 0. The first-order chi connectivity index (χ1) is 10.7. The molecule has 2 aromatic heterocycles. The number of nitrogens with zero attached hydrogens (tertiary/aromatic N) is 1. The number of H-pyrrole nitrogens is 1. The summed E-state index contributed by atoms with van der Waals surface area (Å²) in [4.78, 5) is 27.7. The molecule has 0 saturated heterocycles. The molecule has 0 radical (unpaired) electrons. The van der Waals surface area contributed by atoms with Gasteiger partial charge in [-0.25, -0.2) is 4.79 Å². The summed E-state index contributed by atoms with van der Waals surface area (Å²) in [6, 6.07) is 11.4. The predicted octanol–water partition coefficient (Wildman–Crippen LogP) is 1.38. The van der Waals surface area contributed by atoms with E-state index in [-0.39, 0.29) is 19.9 Å². The molecule has 0 amide bonds. The molecule has 0 spiro atoms. The molecule has 3 aromatic rings. The highest BCUT2D eigenvalue weighted by atomic mass is 32.1. The molecule has 0 fully saturated rings. The average molecular weight is 318 g/mol. The van der Waals surface area contributed by atoms with Crippen LogP contribution in [-0.2, 0) is 11.5 Å². The van der Waals surface area contributed by atoms with Crippen LogP contribution in [0.2, 0.25) is 0 Å². The highest BCUT2D eigenvalue weighted by Gasteiger charge is 2.12. The first-order valence-electron chi connectivity index (χ1n) is 6.71. The maximum atomic E-state index is 12.0. The second-order valence-electron chi connectivity index (χ2n) is 4.64. The number of aromatic amines is 1. The summed E-state index contributed by atoms with van der Waals surface area (Å²) in [6.45, 7) is -0.00759. The third-order valence-corrected chi connectivity index (χ3v) is 4.39. The van der Waals surface area contributed by atoms with Crippen LogP contribution in [0, 0.1) is 0 Å². The Labute approximate surface area is 129 Å². The number of aliphatic hydroxyl groups excluding tert-OH is 1. The number of aliphatic hydroxyl groups is 1. The van der Waals surface area contributed by atoms with Crippen molar-refractivity contribution >= 4 is 21.6 Å². The minimum absolute atomic E-state index is 0.0125. The van der Waals surface area contributed by atoms with Crippen molar-refractivity contribution in [3.05, 3.63) is 57.2 Å². The molecule has 22 heavy (non-hydrogen) atoms. The number of fused-ring (bicyclic) bond motifs is 1. The van der Waals surface area contributed by atoms with E-state index in [1.54, 1.807) is 6.07 Å². The van der Waals surface area contributed by atoms with E-state index in [0.717, 1.165) is 10.4 Å². The number of nitrogens with one attached hydrogen (secondary N) is 1. The molecule has 1 aromatic carbocycles. The first-order valence-corrected chi connectivity index (χ1v) is 7.53. The van der Waals surface area contributed by atoms with Crippen LogP contribution in [0.25, 0.3) is 20.7 Å².